The van der Waals surface area contributed by atoms with Gasteiger partial charge in [0.05, 0.1) is 6.20 Å². The Bertz CT molecular complexity index is 628. The van der Waals surface area contributed by atoms with E-state index < -0.39 is 0 Å². The third-order valence-electron chi connectivity index (χ3n) is 3.91. The molecular weight excluding hydrogens is 278 g/mol. The minimum atomic E-state index is 0.177. The minimum Gasteiger partial charge on any atom is -0.441 e. The van der Waals surface area contributed by atoms with Gasteiger partial charge in [-0.3, -0.25) is 4.79 Å². The Labute approximate surface area is 130 Å². The zero-order chi connectivity index (χ0) is 15.4. The molecule has 0 radical (unpaired) electrons. The Morgan fingerprint density at radius 1 is 1.27 bits per heavy atom. The molecular formula is C17H21N3O2. The molecule has 2 heterocycles. The number of piperazine rings is 1. The van der Waals surface area contributed by atoms with Crippen LogP contribution in [0.1, 0.15) is 17.9 Å². The van der Waals surface area contributed by atoms with E-state index in [0.717, 1.165) is 37.5 Å². The molecule has 22 heavy (non-hydrogen) atoms. The Kier molecular flexibility index (Phi) is 4.53. The van der Waals surface area contributed by atoms with E-state index in [2.05, 4.69) is 17.2 Å². The number of hydrogen-bond acceptors (Lipinski definition) is 4. The lowest BCUT2D eigenvalue weighted by Crippen LogP contribution is -2.46. The molecule has 1 N–H and O–H groups in total. The highest BCUT2D eigenvalue weighted by molar-refractivity contribution is 5.76. The number of oxazole rings is 1. The number of rotatable bonds is 4. The Morgan fingerprint density at radius 3 is 2.73 bits per heavy atom. The number of hydrogen-bond donors (Lipinski definition) is 1. The van der Waals surface area contributed by atoms with Gasteiger partial charge in [-0.1, -0.05) is 29.8 Å². The van der Waals surface area contributed by atoms with Crippen molar-refractivity contribution in [2.24, 2.45) is 0 Å². The second-order valence-corrected chi connectivity index (χ2v) is 5.62. The highest BCUT2D eigenvalue weighted by Gasteiger charge is 2.17. The van der Waals surface area contributed by atoms with Crippen molar-refractivity contribution in [3.63, 3.8) is 0 Å². The number of amides is 1. The summed E-state index contributed by atoms with van der Waals surface area (Å²) in [5, 5.41) is 3.24. The van der Waals surface area contributed by atoms with Gasteiger partial charge in [0.1, 0.15) is 0 Å². The maximum Gasteiger partial charge on any atom is 0.223 e. The van der Waals surface area contributed by atoms with Crippen LogP contribution in [0.3, 0.4) is 0 Å². The fraction of sp³-hybridized carbons (Fsp3) is 0.412. The molecule has 0 spiro atoms. The van der Waals surface area contributed by atoms with Gasteiger partial charge in [-0.05, 0) is 6.92 Å². The second-order valence-electron chi connectivity index (χ2n) is 5.62. The van der Waals surface area contributed by atoms with Crippen LogP contribution in [-0.4, -0.2) is 42.0 Å². The zero-order valence-corrected chi connectivity index (χ0v) is 12.8. The monoisotopic (exact) mass is 299 g/mol. The van der Waals surface area contributed by atoms with Crippen LogP contribution in [0.15, 0.2) is 34.9 Å². The van der Waals surface area contributed by atoms with E-state index in [4.69, 9.17) is 4.42 Å². The van der Waals surface area contributed by atoms with Crippen molar-refractivity contribution in [1.82, 2.24) is 15.2 Å². The maximum absolute atomic E-state index is 12.1. The van der Waals surface area contributed by atoms with Gasteiger partial charge >= 0.3 is 0 Å². The fourth-order valence-corrected chi connectivity index (χ4v) is 2.56. The predicted molar refractivity (Wildman–Crippen MR) is 84.4 cm³/mol. The summed E-state index contributed by atoms with van der Waals surface area (Å²) in [6.45, 7) is 5.39. The molecule has 1 amide bonds. The van der Waals surface area contributed by atoms with Gasteiger partial charge in [-0.15, -0.1) is 0 Å². The number of carbonyl (C=O) groups is 1. The van der Waals surface area contributed by atoms with Crippen molar-refractivity contribution in [2.75, 3.05) is 26.2 Å². The van der Waals surface area contributed by atoms with E-state index in [0.29, 0.717) is 18.7 Å². The van der Waals surface area contributed by atoms with Gasteiger partial charge in [0.15, 0.2) is 11.7 Å². The molecule has 0 unspecified atom stereocenters. The van der Waals surface area contributed by atoms with E-state index in [1.807, 2.05) is 29.2 Å². The third-order valence-corrected chi connectivity index (χ3v) is 3.91. The Balaban J connectivity index is 1.57. The minimum absolute atomic E-state index is 0.177. The van der Waals surface area contributed by atoms with Gasteiger partial charge < -0.3 is 14.6 Å². The normalized spacial score (nSPS) is 15.0. The number of nitrogens with zero attached hydrogens (tertiary/aromatic N) is 2. The molecule has 1 aliphatic rings. The van der Waals surface area contributed by atoms with Gasteiger partial charge in [0.25, 0.3) is 0 Å². The first-order valence-electron chi connectivity index (χ1n) is 7.72. The van der Waals surface area contributed by atoms with E-state index >= 15 is 0 Å². The SMILES string of the molecule is Cc1ccc(-c2cnc(CCC(=O)N3CCNCC3)o2)cc1. The molecule has 5 nitrogen and oxygen atoms in total. The Morgan fingerprint density at radius 2 is 2.00 bits per heavy atom. The molecule has 3 rings (SSSR count). The van der Waals surface area contributed by atoms with Crippen LogP contribution in [0.25, 0.3) is 11.3 Å². The largest absolute Gasteiger partial charge is 0.441 e. The molecule has 0 saturated carbocycles. The number of benzene rings is 1. The van der Waals surface area contributed by atoms with Crippen molar-refractivity contribution in [1.29, 1.82) is 0 Å². The summed E-state index contributed by atoms with van der Waals surface area (Å²) in [4.78, 5) is 18.3. The smallest absolute Gasteiger partial charge is 0.223 e. The van der Waals surface area contributed by atoms with Crippen LogP contribution in [0.2, 0.25) is 0 Å². The van der Waals surface area contributed by atoms with Crippen molar-refractivity contribution in [2.45, 2.75) is 19.8 Å². The summed E-state index contributed by atoms with van der Waals surface area (Å²) < 4.78 is 5.75. The number of aromatic nitrogens is 1. The first-order chi connectivity index (χ1) is 10.7. The molecule has 0 bridgehead atoms. The van der Waals surface area contributed by atoms with Gasteiger partial charge in [-0.2, -0.15) is 0 Å². The average Bonchev–Trinajstić information content (AvgIpc) is 3.03. The lowest BCUT2D eigenvalue weighted by atomic mass is 10.1. The molecule has 1 aromatic heterocycles. The van der Waals surface area contributed by atoms with Crippen LogP contribution in [0.5, 0.6) is 0 Å². The highest BCUT2D eigenvalue weighted by Crippen LogP contribution is 2.21. The summed E-state index contributed by atoms with van der Waals surface area (Å²) >= 11 is 0. The van der Waals surface area contributed by atoms with E-state index in [1.54, 1.807) is 6.20 Å². The maximum atomic E-state index is 12.1. The molecule has 0 atom stereocenters. The van der Waals surface area contributed by atoms with Crippen molar-refractivity contribution in [3.8, 4) is 11.3 Å². The van der Waals surface area contributed by atoms with Crippen molar-refractivity contribution in [3.05, 3.63) is 41.9 Å². The molecule has 116 valence electrons. The highest BCUT2D eigenvalue weighted by atomic mass is 16.4. The van der Waals surface area contributed by atoms with E-state index in [1.165, 1.54) is 5.56 Å². The van der Waals surface area contributed by atoms with Crippen molar-refractivity contribution >= 4 is 5.91 Å². The summed E-state index contributed by atoms with van der Waals surface area (Å²) in [5.74, 6) is 1.56. The number of aryl methyl sites for hydroxylation is 2. The Hall–Kier alpha value is -2.14. The van der Waals surface area contributed by atoms with Crippen LogP contribution in [0.4, 0.5) is 0 Å². The van der Waals surface area contributed by atoms with Crippen molar-refractivity contribution < 1.29 is 9.21 Å². The topological polar surface area (TPSA) is 58.4 Å². The number of nitrogens with one attached hydrogen (secondary N) is 1. The molecule has 1 aliphatic heterocycles. The molecule has 5 heteroatoms. The predicted octanol–water partition coefficient (Wildman–Crippen LogP) is 2.01. The first kappa shape index (κ1) is 14.8. The molecule has 1 fully saturated rings. The first-order valence-corrected chi connectivity index (χ1v) is 7.72. The van der Waals surface area contributed by atoms with Crippen LogP contribution in [0, 0.1) is 6.92 Å². The van der Waals surface area contributed by atoms with Gasteiger partial charge in [0, 0.05) is 44.6 Å². The number of carbonyl (C=O) groups excluding carboxylic acids is 1. The zero-order valence-electron chi connectivity index (χ0n) is 12.8. The average molecular weight is 299 g/mol. The van der Waals surface area contributed by atoms with Crippen LogP contribution >= 0.6 is 0 Å². The van der Waals surface area contributed by atoms with E-state index in [-0.39, 0.29) is 5.91 Å². The lowest BCUT2D eigenvalue weighted by molar-refractivity contribution is -0.131. The third kappa shape index (κ3) is 3.54. The molecule has 2 aromatic rings. The lowest BCUT2D eigenvalue weighted by Gasteiger charge is -2.27. The quantitative estimate of drug-likeness (QED) is 0.938. The molecule has 1 aromatic carbocycles. The summed E-state index contributed by atoms with van der Waals surface area (Å²) in [6, 6.07) is 8.13. The van der Waals surface area contributed by atoms with Crippen LogP contribution < -0.4 is 5.32 Å². The second kappa shape index (κ2) is 6.75. The van der Waals surface area contributed by atoms with Gasteiger partial charge in [0.2, 0.25) is 5.91 Å². The van der Waals surface area contributed by atoms with Crippen LogP contribution in [-0.2, 0) is 11.2 Å². The van der Waals surface area contributed by atoms with Gasteiger partial charge in [-0.25, -0.2) is 4.98 Å². The standard InChI is InChI=1S/C17H21N3O2/c1-13-2-4-14(5-3-13)15-12-19-16(22-15)6-7-17(21)20-10-8-18-9-11-20/h2-5,12,18H,6-11H2,1H3. The summed E-state index contributed by atoms with van der Waals surface area (Å²) in [5.41, 5.74) is 2.22. The van der Waals surface area contributed by atoms with E-state index in [9.17, 15) is 4.79 Å². The molecule has 1 saturated heterocycles. The fourth-order valence-electron chi connectivity index (χ4n) is 2.56. The molecule has 0 aliphatic carbocycles. The summed E-state index contributed by atoms with van der Waals surface area (Å²) in [6.07, 6.45) is 2.73. The summed E-state index contributed by atoms with van der Waals surface area (Å²) in [7, 11) is 0.